The highest BCUT2D eigenvalue weighted by Crippen LogP contribution is 2.33. The quantitative estimate of drug-likeness (QED) is 0.501. The lowest BCUT2D eigenvalue weighted by molar-refractivity contribution is -0.142. The molecule has 2 aromatic rings. The van der Waals surface area contributed by atoms with Gasteiger partial charge in [-0.25, -0.2) is 4.79 Å². The summed E-state index contributed by atoms with van der Waals surface area (Å²) in [5.41, 5.74) is -0.602. The Hall–Kier alpha value is -3.20. The molecule has 0 radical (unpaired) electrons. The summed E-state index contributed by atoms with van der Waals surface area (Å²) in [5.74, 6) is -0.688. The Morgan fingerprint density at radius 1 is 1.07 bits per heavy atom. The van der Waals surface area contributed by atoms with Gasteiger partial charge in [0.15, 0.2) is 18.1 Å². The average Bonchev–Trinajstić information content (AvgIpc) is 2.71. The molecule has 6 nitrogen and oxygen atoms in total. The Morgan fingerprint density at radius 2 is 1.77 bits per heavy atom. The summed E-state index contributed by atoms with van der Waals surface area (Å²) in [7, 11) is 2.96. The third-order valence-electron chi connectivity index (χ3n) is 3.73. The number of methoxy groups -OCH3 is 2. The van der Waals surface area contributed by atoms with Crippen molar-refractivity contribution in [3.63, 3.8) is 0 Å². The highest BCUT2D eigenvalue weighted by molar-refractivity contribution is 6.33. The fraction of sp³-hybridized carbons (Fsp3) is 0.200. The lowest BCUT2D eigenvalue weighted by atomic mass is 10.2. The number of carbonyl (C=O) groups excluding carboxylic acids is 2. The predicted octanol–water partition coefficient (Wildman–Crippen LogP) is 4.57. The molecule has 10 heteroatoms. The van der Waals surface area contributed by atoms with Gasteiger partial charge in [0.25, 0.3) is 5.91 Å². The molecule has 0 saturated carbocycles. The minimum atomic E-state index is -4.59. The highest BCUT2D eigenvalue weighted by atomic mass is 35.5. The maximum absolute atomic E-state index is 12.8. The second-order valence-electron chi connectivity index (χ2n) is 5.80. The van der Waals surface area contributed by atoms with Crippen molar-refractivity contribution in [2.75, 3.05) is 26.1 Å². The van der Waals surface area contributed by atoms with E-state index in [4.69, 9.17) is 25.8 Å². The molecule has 0 bridgehead atoms. The molecule has 2 rings (SSSR count). The van der Waals surface area contributed by atoms with Gasteiger partial charge in [0.1, 0.15) is 0 Å². The first-order valence-corrected chi connectivity index (χ1v) is 8.75. The third-order valence-corrected chi connectivity index (χ3v) is 4.06. The molecule has 0 aliphatic rings. The number of carbonyl (C=O) groups is 2. The Labute approximate surface area is 175 Å². The molecule has 0 spiro atoms. The first-order chi connectivity index (χ1) is 14.1. The molecule has 1 amide bonds. The number of benzene rings is 2. The standard InChI is InChI=1S/C20H17ClF3NO5/c1-28-16-7-3-12(9-17(16)29-2)4-8-19(27)30-11-18(26)25-15-10-13(20(22,23)24)5-6-14(15)21/h3-10H,11H2,1-2H3,(H,25,26)/b8-4+. The first kappa shape index (κ1) is 23.1. The molecule has 160 valence electrons. The number of hydrogen-bond acceptors (Lipinski definition) is 5. The zero-order valence-corrected chi connectivity index (χ0v) is 16.6. The van der Waals surface area contributed by atoms with Crippen LogP contribution in [-0.2, 0) is 20.5 Å². The summed E-state index contributed by atoms with van der Waals surface area (Å²) in [4.78, 5) is 23.7. The first-order valence-electron chi connectivity index (χ1n) is 8.37. The van der Waals surface area contributed by atoms with Gasteiger partial charge in [-0.15, -0.1) is 0 Å². The Kier molecular flexibility index (Phi) is 7.71. The molecule has 0 fully saturated rings. The van der Waals surface area contributed by atoms with E-state index in [9.17, 15) is 22.8 Å². The molecule has 1 N–H and O–H groups in total. The van der Waals surface area contributed by atoms with E-state index < -0.39 is 30.2 Å². The van der Waals surface area contributed by atoms with Gasteiger partial charge in [0.2, 0.25) is 0 Å². The molecule has 0 saturated heterocycles. The van der Waals surface area contributed by atoms with Gasteiger partial charge in [-0.2, -0.15) is 13.2 Å². The van der Waals surface area contributed by atoms with Crippen LogP contribution in [0.1, 0.15) is 11.1 Å². The molecule has 0 unspecified atom stereocenters. The van der Waals surface area contributed by atoms with Gasteiger partial charge < -0.3 is 19.5 Å². The van der Waals surface area contributed by atoms with E-state index in [1.807, 2.05) is 0 Å². The molecule has 30 heavy (non-hydrogen) atoms. The number of halogens is 4. The maximum Gasteiger partial charge on any atom is 0.416 e. The number of amides is 1. The monoisotopic (exact) mass is 443 g/mol. The van der Waals surface area contributed by atoms with E-state index in [1.165, 1.54) is 20.3 Å². The summed E-state index contributed by atoms with van der Waals surface area (Å²) in [6.07, 6.45) is -2.07. The van der Waals surface area contributed by atoms with E-state index >= 15 is 0 Å². The van der Waals surface area contributed by atoms with Crippen LogP contribution in [0.2, 0.25) is 5.02 Å². The van der Waals surface area contributed by atoms with Gasteiger partial charge in [-0.3, -0.25) is 4.79 Å². The van der Waals surface area contributed by atoms with E-state index in [2.05, 4.69) is 5.32 Å². The molecule has 0 aliphatic carbocycles. The van der Waals surface area contributed by atoms with Crippen LogP contribution >= 0.6 is 11.6 Å². The van der Waals surface area contributed by atoms with Crippen LogP contribution in [0.3, 0.4) is 0 Å². The average molecular weight is 444 g/mol. The van der Waals surface area contributed by atoms with Gasteiger partial charge >= 0.3 is 12.1 Å². The lowest BCUT2D eigenvalue weighted by Crippen LogP contribution is -2.20. The topological polar surface area (TPSA) is 73.9 Å². The number of anilines is 1. The van der Waals surface area contributed by atoms with Crippen LogP contribution in [0.25, 0.3) is 6.08 Å². The number of hydrogen-bond donors (Lipinski definition) is 1. The van der Waals surface area contributed by atoms with Crippen LogP contribution in [0, 0.1) is 0 Å². The SMILES string of the molecule is COc1ccc(/C=C/C(=O)OCC(=O)Nc2cc(C(F)(F)F)ccc2Cl)cc1OC. The summed E-state index contributed by atoms with van der Waals surface area (Å²) in [6.45, 7) is -0.707. The summed E-state index contributed by atoms with van der Waals surface area (Å²) >= 11 is 5.80. The van der Waals surface area contributed by atoms with Crippen molar-refractivity contribution in [1.29, 1.82) is 0 Å². The third kappa shape index (κ3) is 6.41. The van der Waals surface area contributed by atoms with E-state index in [1.54, 1.807) is 18.2 Å². The molecule has 0 atom stereocenters. The van der Waals surface area contributed by atoms with Crippen molar-refractivity contribution in [1.82, 2.24) is 0 Å². The number of esters is 1. The van der Waals surface area contributed by atoms with Crippen molar-refractivity contribution < 1.29 is 37.0 Å². The van der Waals surface area contributed by atoms with Gasteiger partial charge in [0, 0.05) is 6.08 Å². The zero-order chi connectivity index (χ0) is 22.3. The number of alkyl halides is 3. The Bertz CT molecular complexity index is 960. The number of rotatable bonds is 7. The smallest absolute Gasteiger partial charge is 0.416 e. The second-order valence-corrected chi connectivity index (χ2v) is 6.20. The maximum atomic E-state index is 12.8. The molecular weight excluding hydrogens is 427 g/mol. The Balaban J connectivity index is 1.94. The highest BCUT2D eigenvalue weighted by Gasteiger charge is 2.31. The van der Waals surface area contributed by atoms with Crippen molar-refractivity contribution in [3.8, 4) is 11.5 Å². The van der Waals surface area contributed by atoms with Crippen molar-refractivity contribution in [3.05, 3.63) is 58.6 Å². The molecular formula is C20H17ClF3NO5. The van der Waals surface area contributed by atoms with Gasteiger partial charge in [0.05, 0.1) is 30.5 Å². The van der Waals surface area contributed by atoms with Crippen molar-refractivity contribution >= 4 is 35.2 Å². The van der Waals surface area contributed by atoms with Gasteiger partial charge in [-0.1, -0.05) is 17.7 Å². The fourth-order valence-corrected chi connectivity index (χ4v) is 2.45. The minimum absolute atomic E-state index is 0.0870. The van der Waals surface area contributed by atoms with Crippen molar-refractivity contribution in [2.24, 2.45) is 0 Å². The van der Waals surface area contributed by atoms with E-state index in [-0.39, 0.29) is 10.7 Å². The second kappa shape index (κ2) is 10.0. The zero-order valence-electron chi connectivity index (χ0n) is 15.9. The normalized spacial score (nSPS) is 11.3. The van der Waals surface area contributed by atoms with Crippen LogP contribution in [0.5, 0.6) is 11.5 Å². The summed E-state index contributed by atoms with van der Waals surface area (Å²) in [6, 6.07) is 7.45. The molecule has 0 aromatic heterocycles. The number of ether oxygens (including phenoxy) is 3. The summed E-state index contributed by atoms with van der Waals surface area (Å²) < 4.78 is 53.3. The van der Waals surface area contributed by atoms with Crippen LogP contribution < -0.4 is 14.8 Å². The van der Waals surface area contributed by atoms with Crippen LogP contribution in [0.4, 0.5) is 18.9 Å². The molecule has 2 aromatic carbocycles. The minimum Gasteiger partial charge on any atom is -0.493 e. The molecule has 0 aliphatic heterocycles. The number of nitrogens with one attached hydrogen (secondary N) is 1. The predicted molar refractivity (Wildman–Crippen MR) is 105 cm³/mol. The lowest BCUT2D eigenvalue weighted by Gasteiger charge is -2.11. The van der Waals surface area contributed by atoms with Crippen LogP contribution in [0.15, 0.2) is 42.5 Å². The largest absolute Gasteiger partial charge is 0.493 e. The Morgan fingerprint density at radius 3 is 2.40 bits per heavy atom. The van der Waals surface area contributed by atoms with Crippen LogP contribution in [-0.4, -0.2) is 32.7 Å². The molecule has 0 heterocycles. The van der Waals surface area contributed by atoms with Crippen molar-refractivity contribution in [2.45, 2.75) is 6.18 Å². The van der Waals surface area contributed by atoms with Gasteiger partial charge in [-0.05, 0) is 42.0 Å². The summed E-state index contributed by atoms with van der Waals surface area (Å²) in [5, 5.41) is 2.09. The fourth-order valence-electron chi connectivity index (χ4n) is 2.29. The van der Waals surface area contributed by atoms with E-state index in [0.29, 0.717) is 23.1 Å². The van der Waals surface area contributed by atoms with E-state index in [0.717, 1.165) is 18.2 Å².